The summed E-state index contributed by atoms with van der Waals surface area (Å²) in [5.41, 5.74) is -5.39. The van der Waals surface area contributed by atoms with Gasteiger partial charge in [-0.1, -0.05) is 170 Å². The van der Waals surface area contributed by atoms with Crippen LogP contribution in [0.5, 0.6) is 0 Å². The van der Waals surface area contributed by atoms with Gasteiger partial charge in [-0.2, -0.15) is 0 Å². The van der Waals surface area contributed by atoms with Crippen molar-refractivity contribution in [3.8, 4) is 11.1 Å². The molecule has 1 fully saturated rings. The van der Waals surface area contributed by atoms with Crippen molar-refractivity contribution in [2.45, 2.75) is 66.3 Å². The first-order chi connectivity index (χ1) is 30.5. The van der Waals surface area contributed by atoms with Crippen LogP contribution in [-0.2, 0) is 40.0 Å². The van der Waals surface area contributed by atoms with Gasteiger partial charge in [-0.05, 0) is 44.5 Å². The van der Waals surface area contributed by atoms with Crippen LogP contribution in [-0.4, -0.2) is 102 Å². The number of carbonyl (C=O) groups excluding carboxylic acids is 1. The van der Waals surface area contributed by atoms with E-state index in [4.69, 9.17) is 9.47 Å². The lowest BCUT2D eigenvalue weighted by Gasteiger charge is -2.68. The highest BCUT2D eigenvalue weighted by molar-refractivity contribution is 5.82. The number of fused-ring (bicyclic) bond motifs is 3. The molecule has 0 spiro atoms. The predicted octanol–water partition coefficient (Wildman–Crippen LogP) is 5.93. The Hall–Kier alpha value is -6.18. The van der Waals surface area contributed by atoms with Crippen LogP contribution in [0.4, 0.5) is 4.79 Å². The highest BCUT2D eigenvalue weighted by Crippen LogP contribution is 2.56. The van der Waals surface area contributed by atoms with E-state index in [9.17, 15) is 35.4 Å². The highest BCUT2D eigenvalue weighted by atomic mass is 16.6. The van der Waals surface area contributed by atoms with Gasteiger partial charge in [0.05, 0.1) is 13.2 Å². The topological polar surface area (TPSA) is 177 Å². The Balaban J connectivity index is 1.38. The molecule has 2 aliphatic rings. The zero-order valence-corrected chi connectivity index (χ0v) is 34.6. The van der Waals surface area contributed by atoms with Gasteiger partial charge in [-0.25, -0.2) is 9.59 Å². The van der Waals surface area contributed by atoms with Crippen molar-refractivity contribution in [3.63, 3.8) is 0 Å². The van der Waals surface area contributed by atoms with E-state index in [1.165, 1.54) is 0 Å². The number of amides is 1. The molecule has 11 nitrogen and oxygen atoms in total. The quantitative estimate of drug-likeness (QED) is 0.0726. The smallest absolute Gasteiger partial charge is 0.413 e. The zero-order chi connectivity index (χ0) is 44.2. The molecule has 8 rings (SSSR count). The van der Waals surface area contributed by atoms with Crippen LogP contribution in [0, 0.1) is 0 Å². The molecular formula is C52H51NO10. The number of carboxylic acid groups (broad SMARTS) is 1. The minimum Gasteiger partial charge on any atom is -0.480 e. The Morgan fingerprint density at radius 1 is 0.571 bits per heavy atom. The van der Waals surface area contributed by atoms with Gasteiger partial charge >= 0.3 is 12.1 Å². The van der Waals surface area contributed by atoms with E-state index in [0.717, 1.165) is 22.3 Å². The highest BCUT2D eigenvalue weighted by Gasteiger charge is 2.79. The molecule has 0 radical (unpaired) electrons. The maximum atomic E-state index is 15.4. The summed E-state index contributed by atoms with van der Waals surface area (Å²) in [6.45, 7) is -2.40. The van der Waals surface area contributed by atoms with Gasteiger partial charge in [0.1, 0.15) is 29.5 Å². The standard InChI is InChI=1S/C52H51NO10/c54-33-45(47(56)57)53(48(58)62-35-44-42-27-15-13-25-40(42)41-26-14-16-28-43(41)44)52(32-39-23-11-4-12-24-39)51(61,31-38-21-9-3-10-22-38)50(60,30-37-19-7-2-8-20-37)49(59,46(34-55)63-52)29-36-17-5-1-6-18-36/h1-28,44-46,54-55,59-61H,29-35H2,(H,56,57)/t45-,46+,49-,50-,51+,52-/m0/s1. The first-order valence-electron chi connectivity index (χ1n) is 21.1. The number of aliphatic hydroxyl groups is 5. The Morgan fingerprint density at radius 2 is 0.984 bits per heavy atom. The predicted molar refractivity (Wildman–Crippen MR) is 236 cm³/mol. The average Bonchev–Trinajstić information content (AvgIpc) is 3.62. The summed E-state index contributed by atoms with van der Waals surface area (Å²) in [6, 6.07) is 47.8. The van der Waals surface area contributed by atoms with Crippen LogP contribution in [0.3, 0.4) is 0 Å². The second kappa shape index (κ2) is 17.9. The SMILES string of the molecule is O=C(O)[C@H](CO)N(C(=O)OCC1c2ccccc2-c2ccccc21)[C@@]1(Cc2ccccc2)O[C@H](CO)[C@@](O)(Cc2ccccc2)[C@@](O)(Cc2ccccc2)[C@]1(O)Cc1ccccc1. The Labute approximate surface area is 366 Å². The molecule has 0 unspecified atom stereocenters. The number of nitrogens with zero attached hydrogens (tertiary/aromatic N) is 1. The molecule has 1 aliphatic carbocycles. The third kappa shape index (κ3) is 7.71. The van der Waals surface area contributed by atoms with E-state index >= 15 is 4.79 Å². The molecule has 324 valence electrons. The lowest BCUT2D eigenvalue weighted by molar-refractivity contribution is -0.417. The molecule has 1 heterocycles. The maximum absolute atomic E-state index is 15.4. The van der Waals surface area contributed by atoms with Gasteiger partial charge < -0.3 is 40.1 Å². The van der Waals surface area contributed by atoms with Crippen molar-refractivity contribution in [1.82, 2.24) is 4.90 Å². The van der Waals surface area contributed by atoms with E-state index < -0.39 is 85.1 Å². The summed E-state index contributed by atoms with van der Waals surface area (Å²) >= 11 is 0. The van der Waals surface area contributed by atoms with E-state index in [-0.39, 0.29) is 13.0 Å². The van der Waals surface area contributed by atoms with Crippen molar-refractivity contribution in [1.29, 1.82) is 0 Å². The van der Waals surface area contributed by atoms with Crippen molar-refractivity contribution in [2.75, 3.05) is 19.8 Å². The molecule has 63 heavy (non-hydrogen) atoms. The summed E-state index contributed by atoms with van der Waals surface area (Å²) in [4.78, 5) is 29.6. The van der Waals surface area contributed by atoms with Gasteiger partial charge in [0.2, 0.25) is 0 Å². The van der Waals surface area contributed by atoms with Crippen molar-refractivity contribution < 1.29 is 49.7 Å². The Bertz CT molecular complexity index is 2460. The fraction of sp³-hybridized carbons (Fsp3) is 0.269. The van der Waals surface area contributed by atoms with Crippen LogP contribution < -0.4 is 0 Å². The van der Waals surface area contributed by atoms with Gasteiger partial charge in [-0.3, -0.25) is 4.90 Å². The molecule has 1 aliphatic heterocycles. The van der Waals surface area contributed by atoms with Crippen LogP contribution in [0.1, 0.15) is 39.3 Å². The van der Waals surface area contributed by atoms with E-state index in [2.05, 4.69) is 0 Å². The van der Waals surface area contributed by atoms with Gasteiger partial charge in [0.25, 0.3) is 0 Å². The van der Waals surface area contributed by atoms with Gasteiger partial charge in [0, 0.05) is 31.6 Å². The lowest BCUT2D eigenvalue weighted by Crippen LogP contribution is -2.90. The fourth-order valence-electron chi connectivity index (χ4n) is 9.96. The number of hydrogen-bond donors (Lipinski definition) is 6. The summed E-state index contributed by atoms with van der Waals surface area (Å²) < 4.78 is 13.2. The minimum atomic E-state index is -2.88. The fourth-order valence-corrected chi connectivity index (χ4v) is 9.96. The summed E-state index contributed by atoms with van der Waals surface area (Å²) in [5, 5.41) is 75.4. The van der Waals surface area contributed by atoms with Crippen LogP contribution in [0.15, 0.2) is 170 Å². The first-order valence-corrected chi connectivity index (χ1v) is 21.1. The number of ether oxygens (including phenoxy) is 2. The largest absolute Gasteiger partial charge is 0.480 e. The van der Waals surface area contributed by atoms with E-state index in [1.807, 2.05) is 48.5 Å². The lowest BCUT2D eigenvalue weighted by atomic mass is 9.55. The van der Waals surface area contributed by atoms with Crippen molar-refractivity contribution >= 4 is 12.1 Å². The molecule has 11 heteroatoms. The number of aliphatic carboxylic acids is 1. The summed E-state index contributed by atoms with van der Waals surface area (Å²) in [6.07, 6.45) is -4.92. The Kier molecular flexibility index (Phi) is 12.3. The molecule has 0 saturated carbocycles. The number of aliphatic hydroxyl groups excluding tert-OH is 2. The number of benzene rings is 6. The summed E-state index contributed by atoms with van der Waals surface area (Å²) in [7, 11) is 0. The first kappa shape index (κ1) is 43.5. The second-order valence-electron chi connectivity index (χ2n) is 16.6. The normalized spacial score (nSPS) is 24.5. The third-order valence-electron chi connectivity index (χ3n) is 13.0. The number of carboxylic acids is 1. The molecular weight excluding hydrogens is 799 g/mol. The summed E-state index contributed by atoms with van der Waals surface area (Å²) in [5.74, 6) is -2.14. The number of carbonyl (C=O) groups is 2. The molecule has 6 aromatic rings. The Morgan fingerprint density at radius 3 is 1.43 bits per heavy atom. The third-order valence-corrected chi connectivity index (χ3v) is 13.0. The number of rotatable bonds is 15. The van der Waals surface area contributed by atoms with E-state index in [0.29, 0.717) is 27.2 Å². The molecule has 1 saturated heterocycles. The number of hydrogen-bond acceptors (Lipinski definition) is 9. The zero-order valence-electron chi connectivity index (χ0n) is 34.6. The maximum Gasteiger partial charge on any atom is 0.413 e. The van der Waals surface area contributed by atoms with Crippen LogP contribution in [0.2, 0.25) is 0 Å². The minimum absolute atomic E-state index is 0.282. The van der Waals surface area contributed by atoms with Crippen molar-refractivity contribution in [2.24, 2.45) is 0 Å². The average molecular weight is 850 g/mol. The van der Waals surface area contributed by atoms with Crippen LogP contribution >= 0.6 is 0 Å². The molecule has 1 amide bonds. The van der Waals surface area contributed by atoms with E-state index in [1.54, 1.807) is 121 Å². The van der Waals surface area contributed by atoms with Gasteiger partial charge in [0.15, 0.2) is 11.8 Å². The molecule has 6 aromatic carbocycles. The second-order valence-corrected chi connectivity index (χ2v) is 16.6. The molecule has 6 atom stereocenters. The van der Waals surface area contributed by atoms with Crippen molar-refractivity contribution in [3.05, 3.63) is 203 Å². The van der Waals surface area contributed by atoms with Gasteiger partial charge in [-0.15, -0.1) is 0 Å². The molecule has 0 aromatic heterocycles. The van der Waals surface area contributed by atoms with Crippen LogP contribution in [0.25, 0.3) is 11.1 Å². The monoisotopic (exact) mass is 849 g/mol. The molecule has 0 bridgehead atoms. The molecule has 6 N–H and O–H groups in total.